The largest absolute Gasteiger partial charge is 0.577 e. The fourth-order valence-corrected chi connectivity index (χ4v) is 5.58. The average molecular weight is 764 g/mol. The number of nitrogens with zero attached hydrogens (tertiary/aromatic N) is 2. The third kappa shape index (κ3) is 6.66. The van der Waals surface area contributed by atoms with Gasteiger partial charge in [-0.25, -0.2) is 65.9 Å². The molecule has 0 saturated heterocycles. The molecular formula is C32H24BF15N2O2. The number of benzene rings is 4. The van der Waals surface area contributed by atoms with Crippen LogP contribution < -0.4 is 25.8 Å². The summed E-state index contributed by atoms with van der Waals surface area (Å²) in [6, 6.07) is 7.08. The van der Waals surface area contributed by atoms with Crippen LogP contribution in [0.4, 0.5) is 77.2 Å². The molecule has 4 aromatic carbocycles. The molecule has 0 spiro atoms. The molecule has 0 unspecified atom stereocenters. The number of hydrogen-bond acceptors (Lipinski definition) is 3. The third-order valence-corrected chi connectivity index (χ3v) is 8.41. The van der Waals surface area contributed by atoms with Crippen molar-refractivity contribution in [2.45, 2.75) is 0 Å². The summed E-state index contributed by atoms with van der Waals surface area (Å²) in [5.41, 5.74) is -6.97. The first-order valence-corrected chi connectivity index (χ1v) is 14.7. The monoisotopic (exact) mass is 764 g/mol. The Balaban J connectivity index is 1.93. The predicted molar refractivity (Wildman–Crippen MR) is 159 cm³/mol. The molecule has 0 aliphatic heterocycles. The van der Waals surface area contributed by atoms with Gasteiger partial charge >= 0.3 is 0 Å². The lowest BCUT2D eigenvalue weighted by molar-refractivity contribution is 0.0887. The van der Waals surface area contributed by atoms with Crippen molar-refractivity contribution in [2.75, 3.05) is 59.5 Å². The highest BCUT2D eigenvalue weighted by molar-refractivity contribution is 7.07. The van der Waals surface area contributed by atoms with Gasteiger partial charge in [-0.05, 0) is 12.1 Å². The van der Waals surface area contributed by atoms with Crippen LogP contribution in [-0.4, -0.2) is 60.9 Å². The Kier molecular flexibility index (Phi) is 11.6. The van der Waals surface area contributed by atoms with Crippen molar-refractivity contribution in [3.8, 4) is 0 Å². The van der Waals surface area contributed by atoms with E-state index in [2.05, 4.69) is 0 Å². The van der Waals surface area contributed by atoms with Crippen molar-refractivity contribution in [3.05, 3.63) is 112 Å². The van der Waals surface area contributed by atoms with Gasteiger partial charge in [0.25, 0.3) is 0 Å². The molecule has 4 rings (SSSR count). The van der Waals surface area contributed by atoms with E-state index < -0.39 is 123 Å². The maximum atomic E-state index is 15.5. The minimum absolute atomic E-state index is 0.0878. The van der Waals surface area contributed by atoms with Crippen LogP contribution in [0.25, 0.3) is 0 Å². The summed E-state index contributed by atoms with van der Waals surface area (Å²) in [5.74, 6) is -46.6. The Labute approximate surface area is 285 Å². The van der Waals surface area contributed by atoms with Gasteiger partial charge in [-0.3, -0.25) is 4.48 Å². The number of likely N-dealkylation sites (N-methyl/N-ethyl adjacent to an activating group) is 1. The Morgan fingerprint density at radius 3 is 1.08 bits per heavy atom. The van der Waals surface area contributed by atoms with Crippen LogP contribution in [0, 0.1) is 87.3 Å². The van der Waals surface area contributed by atoms with E-state index in [1.807, 2.05) is 4.90 Å². The predicted octanol–water partition coefficient (Wildman–Crippen LogP) is 6.11. The number of quaternary nitrogens is 1. The highest BCUT2D eigenvalue weighted by Gasteiger charge is 2.49. The van der Waals surface area contributed by atoms with Crippen LogP contribution in [0.5, 0.6) is 0 Å². The maximum absolute atomic E-state index is 15.5. The molecule has 0 atom stereocenters. The molecular weight excluding hydrogens is 740 g/mol. The highest BCUT2D eigenvalue weighted by atomic mass is 19.2. The Hall–Kier alpha value is -4.43. The van der Waals surface area contributed by atoms with Crippen molar-refractivity contribution >= 4 is 34.1 Å². The Morgan fingerprint density at radius 2 is 0.769 bits per heavy atom. The van der Waals surface area contributed by atoms with Crippen LogP contribution in [0.15, 0.2) is 24.3 Å². The molecule has 0 N–H and O–H groups in total. The van der Waals surface area contributed by atoms with Gasteiger partial charge in [-0.1, -0.05) is 16.4 Å². The molecule has 0 saturated carbocycles. The van der Waals surface area contributed by atoms with Gasteiger partial charge in [0, 0.05) is 38.5 Å². The fourth-order valence-electron chi connectivity index (χ4n) is 5.58. The first-order valence-electron chi connectivity index (χ1n) is 14.7. The summed E-state index contributed by atoms with van der Waals surface area (Å²) in [6.45, 7) is -2.74. The molecule has 0 amide bonds. The van der Waals surface area contributed by atoms with Crippen molar-refractivity contribution in [2.24, 2.45) is 0 Å². The van der Waals surface area contributed by atoms with Gasteiger partial charge in [0.15, 0.2) is 52.4 Å². The lowest BCUT2D eigenvalue weighted by atomic mass is 9.27. The third-order valence-electron chi connectivity index (χ3n) is 8.41. The summed E-state index contributed by atoms with van der Waals surface area (Å²) < 4.78 is 233. The van der Waals surface area contributed by atoms with Crippen molar-refractivity contribution in [3.63, 3.8) is 0 Å². The van der Waals surface area contributed by atoms with E-state index >= 15 is 26.3 Å². The zero-order chi connectivity index (χ0) is 39.2. The second kappa shape index (κ2) is 14.9. The van der Waals surface area contributed by atoms with Crippen LogP contribution in [0.2, 0.25) is 0 Å². The normalized spacial score (nSPS) is 12.2. The number of hydrogen-bond donors (Lipinski definition) is 0. The van der Waals surface area contributed by atoms with Gasteiger partial charge in [-0.15, -0.1) is 0 Å². The zero-order valence-electron chi connectivity index (χ0n) is 27.1. The van der Waals surface area contributed by atoms with Gasteiger partial charge < -0.3 is 14.3 Å². The standard InChI is InChI=1S/C32H24BF15N2O2/c1-49(2)13-5-7-14(8-6-13)50(3,4)9-10-51-11-12-52-33(15-18(34)24(40)30(46)25(41)19(15)35,16-20(36)26(42)31(47)27(43)21(16)37)17-22(38)28(44)32(48)29(45)23(17)39/h5-8H,9-12H2,1-4H3. The van der Waals surface area contributed by atoms with Gasteiger partial charge in [0.1, 0.15) is 47.1 Å². The van der Waals surface area contributed by atoms with E-state index in [4.69, 9.17) is 9.39 Å². The molecule has 4 aromatic rings. The molecule has 0 aliphatic rings. The first kappa shape index (κ1) is 40.3. The summed E-state index contributed by atoms with van der Waals surface area (Å²) in [4.78, 5) is 1.82. The van der Waals surface area contributed by atoms with Crippen molar-refractivity contribution in [1.29, 1.82) is 0 Å². The van der Waals surface area contributed by atoms with E-state index in [1.54, 1.807) is 52.5 Å². The van der Waals surface area contributed by atoms with Crippen molar-refractivity contribution < 1.29 is 75.2 Å². The molecule has 0 heterocycles. The molecule has 0 radical (unpaired) electrons. The average Bonchev–Trinajstić information content (AvgIpc) is 3.11. The minimum atomic E-state index is -6.10. The first-order chi connectivity index (χ1) is 24.1. The van der Waals surface area contributed by atoms with Crippen LogP contribution in [0.3, 0.4) is 0 Å². The Morgan fingerprint density at radius 1 is 0.462 bits per heavy atom. The van der Waals surface area contributed by atoms with E-state index in [0.29, 0.717) is 0 Å². The molecule has 4 nitrogen and oxygen atoms in total. The van der Waals surface area contributed by atoms with Gasteiger partial charge in [0.2, 0.25) is 6.35 Å². The second-order valence-corrected chi connectivity index (χ2v) is 12.0. The number of ether oxygens (including phenoxy) is 1. The molecule has 20 heteroatoms. The smallest absolute Gasteiger partial charge is 0.216 e. The highest BCUT2D eigenvalue weighted by Crippen LogP contribution is 2.29. The number of rotatable bonds is 12. The van der Waals surface area contributed by atoms with E-state index in [-0.39, 0.29) is 17.6 Å². The van der Waals surface area contributed by atoms with Crippen LogP contribution in [0.1, 0.15) is 0 Å². The molecule has 0 aliphatic carbocycles. The summed E-state index contributed by atoms with van der Waals surface area (Å²) in [5, 5.41) is 0. The summed E-state index contributed by atoms with van der Waals surface area (Å²) in [6.07, 6.45) is -6.10. The maximum Gasteiger partial charge on any atom is 0.216 e. The Bertz CT molecular complexity index is 1770. The second-order valence-electron chi connectivity index (χ2n) is 12.0. The topological polar surface area (TPSA) is 21.7 Å². The zero-order valence-corrected chi connectivity index (χ0v) is 27.1. The number of anilines is 1. The summed E-state index contributed by atoms with van der Waals surface area (Å²) >= 11 is 0. The van der Waals surface area contributed by atoms with E-state index in [0.717, 1.165) is 11.4 Å². The molecule has 52 heavy (non-hydrogen) atoms. The van der Waals surface area contributed by atoms with Gasteiger partial charge in [0.05, 0.1) is 27.3 Å². The quantitative estimate of drug-likeness (QED) is 0.0435. The van der Waals surface area contributed by atoms with E-state index in [1.165, 1.54) is 0 Å². The lowest BCUT2D eigenvalue weighted by Crippen LogP contribution is -2.75. The molecule has 0 bridgehead atoms. The SMILES string of the molecule is CN(C)c1ccc([N+](C)(C)CCOCCO[B-](c2c(F)c(F)c(F)c(F)c2F)(c2c(F)c(F)c(F)c(F)c2F)c2c(F)c(F)c(F)c(F)c2F)cc1. The van der Waals surface area contributed by atoms with Crippen molar-refractivity contribution in [1.82, 2.24) is 4.48 Å². The van der Waals surface area contributed by atoms with Gasteiger partial charge in [-0.2, -0.15) is 0 Å². The van der Waals surface area contributed by atoms with Crippen LogP contribution >= 0.6 is 0 Å². The minimum Gasteiger partial charge on any atom is -0.577 e. The summed E-state index contributed by atoms with van der Waals surface area (Å²) in [7, 11) is 7.00. The molecule has 0 fully saturated rings. The van der Waals surface area contributed by atoms with E-state index in [9.17, 15) is 39.5 Å². The fraction of sp³-hybridized carbons (Fsp3) is 0.250. The molecule has 0 aromatic heterocycles. The lowest BCUT2D eigenvalue weighted by Gasteiger charge is -2.44. The number of halogens is 15. The van der Waals surface area contributed by atoms with Crippen LogP contribution in [-0.2, 0) is 9.39 Å². The molecule has 282 valence electrons.